The van der Waals surface area contributed by atoms with Crippen molar-refractivity contribution >= 4 is 7.85 Å². The van der Waals surface area contributed by atoms with Crippen LogP contribution in [0.2, 0.25) is 0 Å². The second-order valence-corrected chi connectivity index (χ2v) is 3.04. The third-order valence-corrected chi connectivity index (χ3v) is 2.45. The van der Waals surface area contributed by atoms with Crippen molar-refractivity contribution in [1.82, 2.24) is 0 Å². The van der Waals surface area contributed by atoms with Crippen molar-refractivity contribution in [3.63, 3.8) is 0 Å². The van der Waals surface area contributed by atoms with Crippen LogP contribution in [-0.4, -0.2) is 31.7 Å². The molecule has 2 nitrogen and oxygen atoms in total. The Labute approximate surface area is 63.0 Å². The van der Waals surface area contributed by atoms with E-state index in [4.69, 9.17) is 17.7 Å². The average Bonchev–Trinajstić information content (AvgIpc) is 2.17. The normalized spacial score (nSPS) is 47.9. The minimum Gasteiger partial charge on any atom is -0.394 e. The number of aliphatic hydroxyl groups excluding tert-OH is 1. The molecule has 1 fully saturated rings. The summed E-state index contributed by atoms with van der Waals surface area (Å²) in [6, 6.07) is -0.188. The summed E-state index contributed by atoms with van der Waals surface area (Å²) < 4.78 is 5.26. The van der Waals surface area contributed by atoms with Gasteiger partial charge in [0.15, 0.2) is 0 Å². The fourth-order valence-electron chi connectivity index (χ4n) is 1.30. The van der Waals surface area contributed by atoms with E-state index in [1.807, 2.05) is 6.92 Å². The van der Waals surface area contributed by atoms with E-state index in [1.54, 1.807) is 0 Å². The Kier molecular flexibility index (Phi) is 2.37. The van der Waals surface area contributed by atoms with Gasteiger partial charge in [0.1, 0.15) is 7.85 Å². The maximum atomic E-state index is 8.79. The summed E-state index contributed by atoms with van der Waals surface area (Å²) in [6.07, 6.45) is -0.0509. The van der Waals surface area contributed by atoms with Gasteiger partial charge < -0.3 is 9.84 Å². The molecule has 0 bridgehead atoms. The van der Waals surface area contributed by atoms with Crippen molar-refractivity contribution in [2.45, 2.75) is 26.0 Å². The molecule has 0 aromatic rings. The lowest BCUT2D eigenvalue weighted by Gasteiger charge is -2.12. The summed E-state index contributed by atoms with van der Waals surface area (Å²) in [4.78, 5) is 0. The van der Waals surface area contributed by atoms with Gasteiger partial charge in [-0.2, -0.15) is 0 Å². The first kappa shape index (κ1) is 8.09. The lowest BCUT2D eigenvalue weighted by molar-refractivity contribution is 0.0286. The molecule has 1 N–H and O–H groups in total. The molecule has 1 saturated heterocycles. The van der Waals surface area contributed by atoms with Gasteiger partial charge in [0.05, 0.1) is 12.7 Å². The highest BCUT2D eigenvalue weighted by Gasteiger charge is 2.35. The van der Waals surface area contributed by atoms with Gasteiger partial charge in [0.2, 0.25) is 0 Å². The monoisotopic (exact) mass is 140 g/mol. The first-order chi connectivity index (χ1) is 4.66. The molecule has 0 aromatic carbocycles. The van der Waals surface area contributed by atoms with Crippen molar-refractivity contribution in [2.24, 2.45) is 11.8 Å². The molecular weight excluding hydrogens is 127 g/mol. The van der Waals surface area contributed by atoms with E-state index in [0.29, 0.717) is 11.8 Å². The molecule has 56 valence electrons. The molecule has 0 amide bonds. The van der Waals surface area contributed by atoms with E-state index < -0.39 is 0 Å². The van der Waals surface area contributed by atoms with Gasteiger partial charge >= 0.3 is 0 Å². The third kappa shape index (κ3) is 1.20. The quantitative estimate of drug-likeness (QED) is 0.525. The summed E-state index contributed by atoms with van der Waals surface area (Å²) >= 11 is 0. The van der Waals surface area contributed by atoms with Crippen LogP contribution in [0.15, 0.2) is 0 Å². The molecule has 0 saturated carbocycles. The second kappa shape index (κ2) is 2.93. The molecule has 0 aliphatic carbocycles. The number of ether oxygens (including phenoxy) is 1. The summed E-state index contributed by atoms with van der Waals surface area (Å²) in [6.45, 7) is 4.18. The SMILES string of the molecule is [B][C@@H]1O[C@H](CO)[C@H](C)C1C. The molecule has 0 spiro atoms. The predicted molar refractivity (Wildman–Crippen MR) is 39.8 cm³/mol. The van der Waals surface area contributed by atoms with Crippen LogP contribution in [0.1, 0.15) is 13.8 Å². The molecule has 0 aromatic heterocycles. The highest BCUT2D eigenvalue weighted by Crippen LogP contribution is 2.29. The highest BCUT2D eigenvalue weighted by molar-refractivity contribution is 6.11. The standard InChI is InChI=1S/C7H13BO2/c1-4-5(2)7(8)10-6(4)3-9/h4-7,9H,3H2,1-2H3/t4-,5?,6-,7-/m1/s1. The predicted octanol–water partition coefficient (Wildman–Crippen LogP) is 0.144. The lowest BCUT2D eigenvalue weighted by Crippen LogP contribution is -2.19. The lowest BCUT2D eigenvalue weighted by atomic mass is 9.82. The molecule has 1 heterocycles. The fourth-order valence-corrected chi connectivity index (χ4v) is 1.30. The summed E-state index contributed by atoms with van der Waals surface area (Å²) in [7, 11) is 5.60. The summed E-state index contributed by atoms with van der Waals surface area (Å²) in [5.74, 6) is 0.733. The van der Waals surface area contributed by atoms with Crippen molar-refractivity contribution in [3.05, 3.63) is 0 Å². The zero-order chi connectivity index (χ0) is 7.72. The Balaban J connectivity index is 2.53. The van der Waals surface area contributed by atoms with Gasteiger partial charge in [-0.1, -0.05) is 13.8 Å². The van der Waals surface area contributed by atoms with Gasteiger partial charge in [0, 0.05) is 6.00 Å². The minimum absolute atomic E-state index is 0.0509. The van der Waals surface area contributed by atoms with Gasteiger partial charge in [-0.15, -0.1) is 0 Å². The molecule has 1 unspecified atom stereocenters. The van der Waals surface area contributed by atoms with Crippen molar-refractivity contribution < 1.29 is 9.84 Å². The van der Waals surface area contributed by atoms with Gasteiger partial charge in [-0.05, 0) is 11.8 Å². The van der Waals surface area contributed by atoms with Gasteiger partial charge in [0.25, 0.3) is 0 Å². The van der Waals surface area contributed by atoms with Crippen LogP contribution in [0.3, 0.4) is 0 Å². The fraction of sp³-hybridized carbons (Fsp3) is 1.00. The minimum atomic E-state index is -0.188. The molecule has 3 heteroatoms. The van der Waals surface area contributed by atoms with E-state index >= 15 is 0 Å². The van der Waals surface area contributed by atoms with E-state index in [1.165, 1.54) is 0 Å². The van der Waals surface area contributed by atoms with Crippen LogP contribution in [0.25, 0.3) is 0 Å². The first-order valence-corrected chi connectivity index (χ1v) is 3.68. The Hall–Kier alpha value is -0.0151. The van der Waals surface area contributed by atoms with Crippen LogP contribution in [-0.2, 0) is 4.74 Å². The second-order valence-electron chi connectivity index (χ2n) is 3.04. The summed E-state index contributed by atoms with van der Waals surface area (Å²) in [5, 5.41) is 8.79. The Morgan fingerprint density at radius 2 is 2.00 bits per heavy atom. The largest absolute Gasteiger partial charge is 0.394 e. The zero-order valence-corrected chi connectivity index (χ0v) is 6.45. The van der Waals surface area contributed by atoms with Crippen LogP contribution >= 0.6 is 0 Å². The van der Waals surface area contributed by atoms with Crippen molar-refractivity contribution in [1.29, 1.82) is 0 Å². The smallest absolute Gasteiger partial charge is 0.109 e. The number of hydrogen-bond donors (Lipinski definition) is 1. The van der Waals surface area contributed by atoms with E-state index in [2.05, 4.69) is 6.92 Å². The van der Waals surface area contributed by atoms with Crippen molar-refractivity contribution in [3.8, 4) is 0 Å². The molecule has 1 aliphatic rings. The van der Waals surface area contributed by atoms with E-state index in [0.717, 1.165) is 0 Å². The molecule has 1 rings (SSSR count). The van der Waals surface area contributed by atoms with Crippen LogP contribution in [0.5, 0.6) is 0 Å². The van der Waals surface area contributed by atoms with Gasteiger partial charge in [-0.25, -0.2) is 0 Å². The number of hydrogen-bond acceptors (Lipinski definition) is 2. The van der Waals surface area contributed by atoms with Crippen LogP contribution in [0, 0.1) is 11.8 Å². The Morgan fingerprint density at radius 3 is 2.20 bits per heavy atom. The van der Waals surface area contributed by atoms with E-state index in [-0.39, 0.29) is 18.7 Å². The van der Waals surface area contributed by atoms with E-state index in [9.17, 15) is 0 Å². The third-order valence-electron chi connectivity index (χ3n) is 2.45. The zero-order valence-electron chi connectivity index (χ0n) is 6.45. The Morgan fingerprint density at radius 1 is 1.40 bits per heavy atom. The Bertz CT molecular complexity index is 118. The maximum absolute atomic E-state index is 8.79. The van der Waals surface area contributed by atoms with Crippen LogP contribution < -0.4 is 0 Å². The molecular formula is C7H13BO2. The van der Waals surface area contributed by atoms with Crippen LogP contribution in [0.4, 0.5) is 0 Å². The number of rotatable bonds is 1. The van der Waals surface area contributed by atoms with Gasteiger partial charge in [-0.3, -0.25) is 0 Å². The molecule has 4 atom stereocenters. The van der Waals surface area contributed by atoms with Crippen molar-refractivity contribution in [2.75, 3.05) is 6.61 Å². The average molecular weight is 140 g/mol. The molecule has 10 heavy (non-hydrogen) atoms. The highest BCUT2D eigenvalue weighted by atomic mass is 16.5. The number of aliphatic hydroxyl groups is 1. The molecule has 1 aliphatic heterocycles. The maximum Gasteiger partial charge on any atom is 0.109 e. The topological polar surface area (TPSA) is 29.5 Å². The first-order valence-electron chi connectivity index (χ1n) is 3.68. The molecule has 2 radical (unpaired) electrons. The summed E-state index contributed by atoms with van der Waals surface area (Å²) in [5.41, 5.74) is 0.